The third-order valence-corrected chi connectivity index (χ3v) is 4.81. The van der Waals surface area contributed by atoms with Gasteiger partial charge >= 0.3 is 6.18 Å². The molecule has 2 aromatic rings. The van der Waals surface area contributed by atoms with Crippen molar-refractivity contribution in [1.29, 1.82) is 0 Å². The van der Waals surface area contributed by atoms with Crippen molar-refractivity contribution < 1.29 is 18.0 Å². The number of likely N-dealkylation sites (N-methyl/N-ethyl adjacent to an activating group) is 1. The molecule has 26 heavy (non-hydrogen) atoms. The molecule has 2 aromatic heterocycles. The molecular weight excluding hydrogens is 347 g/mol. The van der Waals surface area contributed by atoms with Crippen molar-refractivity contribution >= 4 is 5.91 Å². The standard InChI is InChI=1S/C17H22F3N5O/c1-23(10-12-8-9-21-24(12)2)15(26)11-25-14-7-5-3-4-6-13(14)16(22-25)17(18,19)20/h8-9H,3-7,10-11H2,1-2H3. The first-order valence-electron chi connectivity index (χ1n) is 8.64. The van der Waals surface area contributed by atoms with Crippen LogP contribution in [0, 0.1) is 0 Å². The molecule has 142 valence electrons. The first-order chi connectivity index (χ1) is 12.3. The molecule has 1 amide bonds. The van der Waals surface area contributed by atoms with Gasteiger partial charge in [0.1, 0.15) is 6.54 Å². The molecule has 0 fully saturated rings. The van der Waals surface area contributed by atoms with Crippen LogP contribution in [-0.4, -0.2) is 37.4 Å². The maximum absolute atomic E-state index is 13.3. The van der Waals surface area contributed by atoms with Gasteiger partial charge in [-0.1, -0.05) is 6.42 Å². The van der Waals surface area contributed by atoms with Crippen LogP contribution in [0.3, 0.4) is 0 Å². The summed E-state index contributed by atoms with van der Waals surface area (Å²) in [5.41, 5.74) is 0.821. The van der Waals surface area contributed by atoms with Crippen LogP contribution in [-0.2, 0) is 43.9 Å². The molecule has 0 saturated carbocycles. The molecule has 0 spiro atoms. The fourth-order valence-electron chi connectivity index (χ4n) is 3.34. The normalized spacial score (nSPS) is 14.8. The Morgan fingerprint density at radius 2 is 2.00 bits per heavy atom. The first-order valence-corrected chi connectivity index (χ1v) is 8.64. The van der Waals surface area contributed by atoms with Gasteiger partial charge in [0.15, 0.2) is 5.69 Å². The van der Waals surface area contributed by atoms with Crippen LogP contribution in [0.4, 0.5) is 13.2 Å². The number of nitrogens with zero attached hydrogens (tertiary/aromatic N) is 5. The summed E-state index contributed by atoms with van der Waals surface area (Å²) in [5.74, 6) is -0.283. The molecule has 0 radical (unpaired) electrons. The Balaban J connectivity index is 1.81. The Hall–Kier alpha value is -2.32. The highest BCUT2D eigenvalue weighted by atomic mass is 19.4. The maximum Gasteiger partial charge on any atom is 0.435 e. The van der Waals surface area contributed by atoms with Crippen molar-refractivity contribution in [2.75, 3.05) is 7.05 Å². The minimum Gasteiger partial charge on any atom is -0.338 e. The van der Waals surface area contributed by atoms with E-state index in [0.717, 1.165) is 25.0 Å². The third-order valence-electron chi connectivity index (χ3n) is 4.81. The van der Waals surface area contributed by atoms with Gasteiger partial charge in [0.25, 0.3) is 0 Å². The van der Waals surface area contributed by atoms with E-state index in [1.165, 1.54) is 9.58 Å². The molecule has 0 saturated heterocycles. The van der Waals surface area contributed by atoms with E-state index in [1.54, 1.807) is 31.0 Å². The van der Waals surface area contributed by atoms with E-state index >= 15 is 0 Å². The molecular formula is C17H22F3N5O. The van der Waals surface area contributed by atoms with Gasteiger partial charge in [0.2, 0.25) is 5.91 Å². The van der Waals surface area contributed by atoms with Crippen molar-refractivity contribution in [1.82, 2.24) is 24.5 Å². The number of amides is 1. The smallest absolute Gasteiger partial charge is 0.338 e. The largest absolute Gasteiger partial charge is 0.435 e. The lowest BCUT2D eigenvalue weighted by molar-refractivity contribution is -0.142. The summed E-state index contributed by atoms with van der Waals surface area (Å²) in [5, 5.41) is 7.82. The summed E-state index contributed by atoms with van der Waals surface area (Å²) < 4.78 is 42.9. The van der Waals surface area contributed by atoms with Crippen LogP contribution in [0.1, 0.15) is 41.9 Å². The van der Waals surface area contributed by atoms with E-state index in [1.807, 2.05) is 0 Å². The van der Waals surface area contributed by atoms with Crippen molar-refractivity contribution in [3.8, 4) is 0 Å². The van der Waals surface area contributed by atoms with Crippen molar-refractivity contribution in [2.24, 2.45) is 7.05 Å². The van der Waals surface area contributed by atoms with E-state index in [9.17, 15) is 18.0 Å². The third kappa shape index (κ3) is 3.76. The van der Waals surface area contributed by atoms with Crippen LogP contribution in [0.2, 0.25) is 0 Å². The molecule has 0 bridgehead atoms. The summed E-state index contributed by atoms with van der Waals surface area (Å²) in [6.45, 7) is 0.150. The van der Waals surface area contributed by atoms with Crippen molar-refractivity contribution in [3.05, 3.63) is 34.9 Å². The summed E-state index contributed by atoms with van der Waals surface area (Å²) in [7, 11) is 3.40. The molecule has 3 rings (SSSR count). The molecule has 0 atom stereocenters. The van der Waals surface area contributed by atoms with Crippen LogP contribution >= 0.6 is 0 Å². The topological polar surface area (TPSA) is 56.0 Å². The van der Waals surface area contributed by atoms with E-state index in [-0.39, 0.29) is 18.0 Å². The molecule has 0 N–H and O–H groups in total. The summed E-state index contributed by atoms with van der Waals surface area (Å²) in [6, 6.07) is 1.80. The number of alkyl halides is 3. The molecule has 0 unspecified atom stereocenters. The van der Waals surface area contributed by atoms with E-state index in [0.29, 0.717) is 25.1 Å². The molecule has 6 nitrogen and oxygen atoms in total. The van der Waals surface area contributed by atoms with E-state index in [4.69, 9.17) is 0 Å². The predicted molar refractivity (Wildman–Crippen MR) is 88.2 cm³/mol. The average Bonchev–Trinajstić information content (AvgIpc) is 3.02. The Bertz CT molecular complexity index is 793. The lowest BCUT2D eigenvalue weighted by Gasteiger charge is -2.18. The minimum absolute atomic E-state index is 0.188. The first kappa shape index (κ1) is 18.5. The van der Waals surface area contributed by atoms with Gasteiger partial charge in [-0.3, -0.25) is 14.2 Å². The Labute approximate surface area is 149 Å². The second kappa shape index (κ2) is 7.13. The number of aryl methyl sites for hydroxylation is 1. The average molecular weight is 369 g/mol. The quantitative estimate of drug-likeness (QED) is 0.779. The number of rotatable bonds is 4. The van der Waals surface area contributed by atoms with Gasteiger partial charge in [0.05, 0.1) is 12.2 Å². The van der Waals surface area contributed by atoms with Gasteiger partial charge < -0.3 is 4.90 Å². The van der Waals surface area contributed by atoms with Crippen LogP contribution in [0.15, 0.2) is 12.3 Å². The predicted octanol–water partition coefficient (Wildman–Crippen LogP) is 2.56. The molecule has 0 aromatic carbocycles. The molecule has 1 aliphatic rings. The van der Waals surface area contributed by atoms with Gasteiger partial charge in [-0.05, 0) is 31.7 Å². The number of carbonyl (C=O) groups is 1. The Kier molecular flexibility index (Phi) is 5.06. The maximum atomic E-state index is 13.3. The van der Waals surface area contributed by atoms with E-state index < -0.39 is 11.9 Å². The number of hydrogen-bond donors (Lipinski definition) is 0. The van der Waals surface area contributed by atoms with E-state index in [2.05, 4.69) is 10.2 Å². The number of hydrogen-bond acceptors (Lipinski definition) is 3. The van der Waals surface area contributed by atoms with Gasteiger partial charge in [-0.15, -0.1) is 0 Å². The molecule has 2 heterocycles. The van der Waals surface area contributed by atoms with Crippen molar-refractivity contribution in [3.63, 3.8) is 0 Å². The SMILES string of the molecule is CN(Cc1ccnn1C)C(=O)Cn1nc(C(F)(F)F)c2c1CCCCC2. The second-order valence-electron chi connectivity index (χ2n) is 6.69. The zero-order valence-electron chi connectivity index (χ0n) is 14.9. The lowest BCUT2D eigenvalue weighted by atomic mass is 10.1. The Morgan fingerprint density at radius 3 is 2.65 bits per heavy atom. The highest BCUT2D eigenvalue weighted by molar-refractivity contribution is 5.75. The number of fused-ring (bicyclic) bond motifs is 1. The molecule has 0 aliphatic heterocycles. The van der Waals surface area contributed by atoms with Gasteiger partial charge in [-0.2, -0.15) is 23.4 Å². The molecule has 9 heteroatoms. The molecule has 1 aliphatic carbocycles. The zero-order chi connectivity index (χ0) is 18.9. The minimum atomic E-state index is -4.50. The lowest BCUT2D eigenvalue weighted by Crippen LogP contribution is -2.31. The van der Waals surface area contributed by atoms with Gasteiger partial charge in [0, 0.05) is 31.5 Å². The summed E-state index contributed by atoms with van der Waals surface area (Å²) >= 11 is 0. The number of halogens is 3. The monoisotopic (exact) mass is 369 g/mol. The fourth-order valence-corrected chi connectivity index (χ4v) is 3.34. The summed E-state index contributed by atoms with van der Waals surface area (Å²) in [4.78, 5) is 14.0. The van der Waals surface area contributed by atoms with Crippen molar-refractivity contribution in [2.45, 2.75) is 51.4 Å². The summed E-state index contributed by atoms with van der Waals surface area (Å²) in [6.07, 6.45) is 0.450. The van der Waals surface area contributed by atoms with Gasteiger partial charge in [-0.25, -0.2) is 0 Å². The zero-order valence-corrected chi connectivity index (χ0v) is 14.9. The number of carbonyl (C=O) groups excluding carboxylic acids is 1. The number of aromatic nitrogens is 4. The fraction of sp³-hybridized carbons (Fsp3) is 0.588. The van der Waals surface area contributed by atoms with Crippen LogP contribution < -0.4 is 0 Å². The van der Waals surface area contributed by atoms with Crippen LogP contribution in [0.25, 0.3) is 0 Å². The second-order valence-corrected chi connectivity index (χ2v) is 6.69. The van der Waals surface area contributed by atoms with Crippen LogP contribution in [0.5, 0.6) is 0 Å². The highest BCUT2D eigenvalue weighted by Gasteiger charge is 2.39. The Morgan fingerprint density at radius 1 is 1.27 bits per heavy atom. The highest BCUT2D eigenvalue weighted by Crippen LogP contribution is 2.35.